The second-order valence-corrected chi connectivity index (χ2v) is 4.61. The van der Waals surface area contributed by atoms with Crippen molar-refractivity contribution in [1.29, 1.82) is 0 Å². The summed E-state index contributed by atoms with van der Waals surface area (Å²) in [7, 11) is 0. The van der Waals surface area contributed by atoms with Crippen LogP contribution >= 0.6 is 15.9 Å². The molecule has 84 valence electrons. The van der Waals surface area contributed by atoms with Crippen LogP contribution in [0.1, 0.15) is 52.9 Å². The first-order valence-corrected chi connectivity index (χ1v) is 6.57. The summed E-state index contributed by atoms with van der Waals surface area (Å²) in [6.07, 6.45) is 4.93. The van der Waals surface area contributed by atoms with Crippen LogP contribution in [0.2, 0.25) is 0 Å². The summed E-state index contributed by atoms with van der Waals surface area (Å²) in [5, 5.41) is 3.88. The van der Waals surface area contributed by atoms with Crippen molar-refractivity contribution in [2.45, 2.75) is 58.4 Å². The highest BCUT2D eigenvalue weighted by Crippen LogP contribution is 2.13. The average molecular weight is 264 g/mol. The molecule has 1 atom stereocenters. The molecule has 0 aromatic rings. The molecule has 0 aliphatic heterocycles. The van der Waals surface area contributed by atoms with Gasteiger partial charge in [0.05, 0.1) is 0 Å². The van der Waals surface area contributed by atoms with Crippen molar-refractivity contribution in [1.82, 2.24) is 5.32 Å². The highest BCUT2D eigenvalue weighted by molar-refractivity contribution is 9.09. The summed E-state index contributed by atoms with van der Waals surface area (Å²) in [5.41, 5.74) is -0.0801. The summed E-state index contributed by atoms with van der Waals surface area (Å²) in [6, 6.07) is 0. The molecule has 0 bridgehead atoms. The minimum Gasteiger partial charge on any atom is -0.350 e. The number of rotatable bonds is 7. The maximum absolute atomic E-state index is 11.5. The molecule has 0 radical (unpaired) electrons. The first kappa shape index (κ1) is 13.9. The molecule has 0 spiro atoms. The Morgan fingerprint density at radius 2 is 2.00 bits per heavy atom. The molecule has 0 aliphatic rings. The summed E-state index contributed by atoms with van der Waals surface area (Å²) in [5.74, 6) is 0.183. The molecule has 0 heterocycles. The van der Waals surface area contributed by atoms with E-state index in [1.54, 1.807) is 0 Å². The lowest BCUT2D eigenvalue weighted by Crippen LogP contribution is -2.46. The van der Waals surface area contributed by atoms with Crippen LogP contribution in [0.25, 0.3) is 0 Å². The highest BCUT2D eigenvalue weighted by Gasteiger charge is 2.21. The lowest BCUT2D eigenvalue weighted by Gasteiger charge is -2.27. The standard InChI is InChI=1S/C11H22BrNO/c1-4-6-7-8-10(14)13-11(3,5-2)9-12/h4-9H2,1-3H3,(H,13,14). The molecule has 0 rings (SSSR count). The van der Waals surface area contributed by atoms with E-state index in [2.05, 4.69) is 42.0 Å². The number of nitrogens with one attached hydrogen (secondary N) is 1. The lowest BCUT2D eigenvalue weighted by molar-refractivity contribution is -0.122. The zero-order valence-corrected chi connectivity index (χ0v) is 11.1. The molecule has 1 amide bonds. The van der Waals surface area contributed by atoms with E-state index in [1.807, 2.05) is 0 Å². The third-order valence-corrected chi connectivity index (χ3v) is 3.76. The van der Waals surface area contributed by atoms with Crippen LogP contribution in [-0.2, 0) is 4.79 Å². The van der Waals surface area contributed by atoms with Crippen molar-refractivity contribution < 1.29 is 4.79 Å². The van der Waals surface area contributed by atoms with Crippen LogP contribution < -0.4 is 5.32 Å². The minimum absolute atomic E-state index is 0.0801. The molecule has 2 nitrogen and oxygen atoms in total. The van der Waals surface area contributed by atoms with Crippen molar-refractivity contribution in [3.05, 3.63) is 0 Å². The Labute approximate surface area is 96.0 Å². The Kier molecular flexibility index (Phi) is 7.24. The second kappa shape index (κ2) is 7.27. The average Bonchev–Trinajstić information content (AvgIpc) is 2.18. The van der Waals surface area contributed by atoms with Gasteiger partial charge in [0.25, 0.3) is 0 Å². The van der Waals surface area contributed by atoms with E-state index in [1.165, 1.54) is 0 Å². The topological polar surface area (TPSA) is 29.1 Å². The molecule has 1 unspecified atom stereocenters. The Balaban J connectivity index is 3.80. The van der Waals surface area contributed by atoms with Crippen molar-refractivity contribution in [2.75, 3.05) is 5.33 Å². The number of alkyl halides is 1. The molecule has 3 heteroatoms. The van der Waals surface area contributed by atoms with Gasteiger partial charge in [-0.3, -0.25) is 4.79 Å². The summed E-state index contributed by atoms with van der Waals surface area (Å²) in [6.45, 7) is 6.31. The zero-order chi connectivity index (χ0) is 11.0. The highest BCUT2D eigenvalue weighted by atomic mass is 79.9. The van der Waals surface area contributed by atoms with Gasteiger partial charge in [0.15, 0.2) is 0 Å². The molecule has 14 heavy (non-hydrogen) atoms. The van der Waals surface area contributed by atoms with Crippen LogP contribution in [0.4, 0.5) is 0 Å². The van der Waals surface area contributed by atoms with E-state index in [-0.39, 0.29) is 11.4 Å². The fourth-order valence-electron chi connectivity index (χ4n) is 1.15. The number of halogens is 1. The van der Waals surface area contributed by atoms with Gasteiger partial charge >= 0.3 is 0 Å². The number of amides is 1. The third kappa shape index (κ3) is 5.63. The van der Waals surface area contributed by atoms with Crippen LogP contribution in [0, 0.1) is 0 Å². The largest absolute Gasteiger partial charge is 0.350 e. The molecule has 0 saturated carbocycles. The number of unbranched alkanes of at least 4 members (excludes halogenated alkanes) is 2. The van der Waals surface area contributed by atoms with Crippen LogP contribution in [0.3, 0.4) is 0 Å². The number of hydrogen-bond donors (Lipinski definition) is 1. The molecule has 0 fully saturated rings. The molecule has 0 saturated heterocycles. The smallest absolute Gasteiger partial charge is 0.220 e. The van der Waals surface area contributed by atoms with Crippen LogP contribution in [0.15, 0.2) is 0 Å². The van der Waals surface area contributed by atoms with Crippen molar-refractivity contribution in [3.63, 3.8) is 0 Å². The lowest BCUT2D eigenvalue weighted by atomic mass is 10.0. The minimum atomic E-state index is -0.0801. The monoisotopic (exact) mass is 263 g/mol. The van der Waals surface area contributed by atoms with Gasteiger partial charge in [0.2, 0.25) is 5.91 Å². The fourth-order valence-corrected chi connectivity index (χ4v) is 1.69. The van der Waals surface area contributed by atoms with Gasteiger partial charge in [-0.05, 0) is 19.8 Å². The van der Waals surface area contributed by atoms with E-state index in [0.717, 1.165) is 31.0 Å². The first-order valence-electron chi connectivity index (χ1n) is 5.45. The molecular weight excluding hydrogens is 242 g/mol. The van der Waals surface area contributed by atoms with Gasteiger partial charge in [-0.1, -0.05) is 42.6 Å². The molecule has 0 aromatic carbocycles. The fraction of sp³-hybridized carbons (Fsp3) is 0.909. The van der Waals surface area contributed by atoms with E-state index in [9.17, 15) is 4.79 Å². The van der Waals surface area contributed by atoms with E-state index < -0.39 is 0 Å². The van der Waals surface area contributed by atoms with E-state index in [4.69, 9.17) is 0 Å². The predicted molar refractivity (Wildman–Crippen MR) is 64.8 cm³/mol. The first-order chi connectivity index (χ1) is 6.58. The van der Waals surface area contributed by atoms with Gasteiger partial charge in [0.1, 0.15) is 0 Å². The van der Waals surface area contributed by atoms with Crippen LogP contribution in [-0.4, -0.2) is 16.8 Å². The van der Waals surface area contributed by atoms with Gasteiger partial charge in [-0.25, -0.2) is 0 Å². The van der Waals surface area contributed by atoms with E-state index >= 15 is 0 Å². The molecule has 1 N–H and O–H groups in total. The summed E-state index contributed by atoms with van der Waals surface area (Å²) < 4.78 is 0. The SMILES string of the molecule is CCCCCC(=O)NC(C)(CC)CBr. The Morgan fingerprint density at radius 1 is 1.36 bits per heavy atom. The third-order valence-electron chi connectivity index (χ3n) is 2.52. The van der Waals surface area contributed by atoms with Gasteiger partial charge in [-0.2, -0.15) is 0 Å². The van der Waals surface area contributed by atoms with Gasteiger partial charge in [-0.15, -0.1) is 0 Å². The van der Waals surface area contributed by atoms with Crippen molar-refractivity contribution >= 4 is 21.8 Å². The van der Waals surface area contributed by atoms with Crippen molar-refractivity contribution in [3.8, 4) is 0 Å². The summed E-state index contributed by atoms with van der Waals surface area (Å²) >= 11 is 3.43. The van der Waals surface area contributed by atoms with Crippen LogP contribution in [0.5, 0.6) is 0 Å². The maximum Gasteiger partial charge on any atom is 0.220 e. The number of carbonyl (C=O) groups is 1. The molecule has 0 aliphatic carbocycles. The number of hydrogen-bond acceptors (Lipinski definition) is 1. The normalized spacial score (nSPS) is 14.9. The molecule has 0 aromatic heterocycles. The zero-order valence-electron chi connectivity index (χ0n) is 9.53. The Morgan fingerprint density at radius 3 is 2.43 bits per heavy atom. The van der Waals surface area contributed by atoms with Gasteiger partial charge < -0.3 is 5.32 Å². The quantitative estimate of drug-likeness (QED) is 0.555. The van der Waals surface area contributed by atoms with Gasteiger partial charge in [0, 0.05) is 17.3 Å². The Bertz CT molecular complexity index is 167. The van der Waals surface area contributed by atoms with E-state index in [0.29, 0.717) is 6.42 Å². The van der Waals surface area contributed by atoms with Crippen molar-refractivity contribution in [2.24, 2.45) is 0 Å². The molecular formula is C11H22BrNO. The second-order valence-electron chi connectivity index (χ2n) is 4.05. The summed E-state index contributed by atoms with van der Waals surface area (Å²) in [4.78, 5) is 11.5. The number of carbonyl (C=O) groups excluding carboxylic acids is 1. The Hall–Kier alpha value is -0.0500. The predicted octanol–water partition coefficient (Wildman–Crippen LogP) is 3.25. The maximum atomic E-state index is 11.5.